The van der Waals surface area contributed by atoms with Gasteiger partial charge in [-0.05, 0) is 28.1 Å². The number of fused-ring (bicyclic) bond motifs is 1. The first-order valence-corrected chi connectivity index (χ1v) is 5.32. The largest absolute Gasteiger partial charge is 0.482 e. The number of amides is 1. The van der Waals surface area contributed by atoms with Crippen LogP contribution in [0.3, 0.4) is 0 Å². The molecule has 17 heavy (non-hydrogen) atoms. The Kier molecular flexibility index (Phi) is 2.84. The maximum Gasteiger partial charge on any atom is 0.377 e. The van der Waals surface area contributed by atoms with Crippen molar-refractivity contribution in [1.82, 2.24) is 0 Å². The second-order valence-electron chi connectivity index (χ2n) is 3.30. The number of nitrogens with one attached hydrogen (secondary N) is 1. The van der Waals surface area contributed by atoms with E-state index in [4.69, 9.17) is 9.84 Å². The van der Waals surface area contributed by atoms with Crippen LogP contribution in [0.15, 0.2) is 16.6 Å². The number of ether oxygens (including phenoxy) is 1. The van der Waals surface area contributed by atoms with Crippen molar-refractivity contribution < 1.29 is 24.2 Å². The molecule has 1 aromatic rings. The summed E-state index contributed by atoms with van der Waals surface area (Å²) in [5, 5.41) is 11.2. The third-order valence-corrected chi connectivity index (χ3v) is 2.80. The van der Waals surface area contributed by atoms with Gasteiger partial charge in [0.2, 0.25) is 0 Å². The average molecular weight is 300 g/mol. The number of Topliss-reactive ketones (excluding diaryl/α,β-unsaturated/α-hetero) is 1. The zero-order valence-corrected chi connectivity index (χ0v) is 9.91. The second kappa shape index (κ2) is 4.17. The zero-order valence-electron chi connectivity index (χ0n) is 8.32. The Morgan fingerprint density at radius 3 is 2.76 bits per heavy atom. The predicted molar refractivity (Wildman–Crippen MR) is 60.2 cm³/mol. The molecule has 0 atom stereocenters. The number of carboxylic acids is 1. The molecule has 2 N–H and O–H groups in total. The predicted octanol–water partition coefficient (Wildman–Crippen LogP) is 1.05. The fourth-order valence-electron chi connectivity index (χ4n) is 1.39. The van der Waals surface area contributed by atoms with Crippen LogP contribution in [0.1, 0.15) is 10.4 Å². The van der Waals surface area contributed by atoms with Crippen LogP contribution < -0.4 is 10.1 Å². The molecular formula is C10H6BrNO5. The summed E-state index contributed by atoms with van der Waals surface area (Å²) < 4.78 is 5.37. The van der Waals surface area contributed by atoms with Gasteiger partial charge in [-0.25, -0.2) is 4.79 Å². The SMILES string of the molecule is O=C1COc2cc(C(=O)C(=O)O)c(Br)cc2N1. The molecule has 7 heteroatoms. The van der Waals surface area contributed by atoms with E-state index >= 15 is 0 Å². The number of carbonyl (C=O) groups is 3. The number of rotatable bonds is 2. The van der Waals surface area contributed by atoms with Crippen LogP contribution >= 0.6 is 15.9 Å². The van der Waals surface area contributed by atoms with E-state index in [1.807, 2.05) is 0 Å². The van der Waals surface area contributed by atoms with Crippen molar-refractivity contribution in [1.29, 1.82) is 0 Å². The number of hydrogen-bond acceptors (Lipinski definition) is 4. The van der Waals surface area contributed by atoms with Gasteiger partial charge in [0, 0.05) is 10.0 Å². The first-order valence-electron chi connectivity index (χ1n) is 4.53. The highest BCUT2D eigenvalue weighted by molar-refractivity contribution is 9.10. The Labute approximate surface area is 104 Å². The number of anilines is 1. The third-order valence-electron chi connectivity index (χ3n) is 2.14. The van der Waals surface area contributed by atoms with Gasteiger partial charge in [0.15, 0.2) is 6.61 Å². The van der Waals surface area contributed by atoms with E-state index in [1.165, 1.54) is 12.1 Å². The van der Waals surface area contributed by atoms with E-state index in [0.29, 0.717) is 5.69 Å². The molecule has 1 aromatic carbocycles. The van der Waals surface area contributed by atoms with Gasteiger partial charge in [-0.3, -0.25) is 9.59 Å². The topological polar surface area (TPSA) is 92.7 Å². The fourth-order valence-corrected chi connectivity index (χ4v) is 1.91. The number of ketones is 1. The van der Waals surface area contributed by atoms with Crippen LogP contribution in [-0.4, -0.2) is 29.4 Å². The van der Waals surface area contributed by atoms with E-state index in [1.54, 1.807) is 0 Å². The van der Waals surface area contributed by atoms with Crippen molar-refractivity contribution in [2.24, 2.45) is 0 Å². The number of hydrogen-bond donors (Lipinski definition) is 2. The summed E-state index contributed by atoms with van der Waals surface area (Å²) in [6.07, 6.45) is 0. The molecule has 1 amide bonds. The lowest BCUT2D eigenvalue weighted by Gasteiger charge is -2.18. The molecule has 0 unspecified atom stereocenters. The highest BCUT2D eigenvalue weighted by atomic mass is 79.9. The van der Waals surface area contributed by atoms with E-state index in [2.05, 4.69) is 21.2 Å². The highest BCUT2D eigenvalue weighted by Gasteiger charge is 2.23. The monoisotopic (exact) mass is 299 g/mol. The summed E-state index contributed by atoms with van der Waals surface area (Å²) in [6.45, 7) is -0.157. The standard InChI is InChI=1S/C10H6BrNO5/c11-5-2-6-7(17-3-8(13)12-6)1-4(5)9(14)10(15)16/h1-2H,3H2,(H,12,13)(H,15,16). The second-order valence-corrected chi connectivity index (χ2v) is 4.15. The van der Waals surface area contributed by atoms with Crippen molar-refractivity contribution in [3.05, 3.63) is 22.2 Å². The molecule has 6 nitrogen and oxygen atoms in total. The molecule has 0 saturated heterocycles. The Morgan fingerprint density at radius 1 is 1.41 bits per heavy atom. The van der Waals surface area contributed by atoms with Gasteiger partial charge in [0.25, 0.3) is 11.7 Å². The molecule has 0 fully saturated rings. The summed E-state index contributed by atoms with van der Waals surface area (Å²) in [5.41, 5.74) is 0.377. The summed E-state index contributed by atoms with van der Waals surface area (Å²) in [6, 6.07) is 2.72. The molecule has 2 rings (SSSR count). The normalized spacial score (nSPS) is 13.4. The summed E-state index contributed by atoms with van der Waals surface area (Å²) in [7, 11) is 0. The Balaban J connectivity index is 2.48. The van der Waals surface area contributed by atoms with Crippen LogP contribution in [0, 0.1) is 0 Å². The Morgan fingerprint density at radius 2 is 2.12 bits per heavy atom. The molecule has 1 heterocycles. The van der Waals surface area contributed by atoms with Crippen LogP contribution in [0.5, 0.6) is 5.75 Å². The van der Waals surface area contributed by atoms with Gasteiger partial charge in [-0.15, -0.1) is 0 Å². The van der Waals surface area contributed by atoms with Gasteiger partial charge in [0.1, 0.15) is 5.75 Å². The lowest BCUT2D eigenvalue weighted by molar-refractivity contribution is -0.131. The van der Waals surface area contributed by atoms with E-state index in [9.17, 15) is 14.4 Å². The lowest BCUT2D eigenvalue weighted by atomic mass is 10.1. The van der Waals surface area contributed by atoms with Crippen LogP contribution in [0.2, 0.25) is 0 Å². The van der Waals surface area contributed by atoms with Gasteiger partial charge >= 0.3 is 5.97 Å². The average Bonchev–Trinajstić information content (AvgIpc) is 2.27. The number of carboxylic acid groups (broad SMARTS) is 1. The third kappa shape index (κ3) is 2.14. The van der Waals surface area contributed by atoms with Crippen LogP contribution in [-0.2, 0) is 9.59 Å². The van der Waals surface area contributed by atoms with Crippen molar-refractivity contribution >= 4 is 39.3 Å². The first-order chi connectivity index (χ1) is 7.99. The van der Waals surface area contributed by atoms with Gasteiger partial charge < -0.3 is 15.2 Å². The van der Waals surface area contributed by atoms with Crippen LogP contribution in [0.25, 0.3) is 0 Å². The fraction of sp³-hybridized carbons (Fsp3) is 0.100. The molecule has 1 aliphatic rings. The summed E-state index contributed by atoms with van der Waals surface area (Å²) in [4.78, 5) is 33.0. The smallest absolute Gasteiger partial charge is 0.377 e. The lowest BCUT2D eigenvalue weighted by Crippen LogP contribution is -2.26. The molecular weight excluding hydrogens is 294 g/mol. The van der Waals surface area contributed by atoms with Crippen LogP contribution in [0.4, 0.5) is 5.69 Å². The molecule has 0 aromatic heterocycles. The first kappa shape index (κ1) is 11.6. The van der Waals surface area contributed by atoms with Crippen molar-refractivity contribution in [2.45, 2.75) is 0 Å². The zero-order chi connectivity index (χ0) is 12.6. The maximum absolute atomic E-state index is 11.3. The molecule has 0 bridgehead atoms. The summed E-state index contributed by atoms with van der Waals surface area (Å²) >= 11 is 3.07. The molecule has 0 radical (unpaired) electrons. The maximum atomic E-state index is 11.3. The minimum absolute atomic E-state index is 0.0209. The number of aliphatic carboxylic acids is 1. The minimum atomic E-state index is -1.55. The number of halogens is 1. The number of benzene rings is 1. The van der Waals surface area contributed by atoms with Crippen molar-refractivity contribution in [3.8, 4) is 5.75 Å². The van der Waals surface area contributed by atoms with E-state index in [0.717, 1.165) is 0 Å². The molecule has 88 valence electrons. The van der Waals surface area contributed by atoms with E-state index < -0.39 is 11.8 Å². The molecule has 0 aliphatic carbocycles. The van der Waals surface area contributed by atoms with Crippen molar-refractivity contribution in [2.75, 3.05) is 11.9 Å². The quantitative estimate of drug-likeness (QED) is 0.629. The highest BCUT2D eigenvalue weighted by Crippen LogP contribution is 2.33. The Hall–Kier alpha value is -1.89. The van der Waals surface area contributed by atoms with Gasteiger partial charge in [-0.1, -0.05) is 0 Å². The van der Waals surface area contributed by atoms with E-state index in [-0.39, 0.29) is 28.3 Å². The summed E-state index contributed by atoms with van der Waals surface area (Å²) in [5.74, 6) is -2.62. The Bertz CT molecular complexity index is 540. The molecule has 0 spiro atoms. The number of carbonyl (C=O) groups excluding carboxylic acids is 2. The molecule has 1 aliphatic heterocycles. The molecule has 0 saturated carbocycles. The van der Waals surface area contributed by atoms with Gasteiger partial charge in [-0.2, -0.15) is 0 Å². The minimum Gasteiger partial charge on any atom is -0.482 e. The van der Waals surface area contributed by atoms with Gasteiger partial charge in [0.05, 0.1) is 5.69 Å². The van der Waals surface area contributed by atoms with Crippen molar-refractivity contribution in [3.63, 3.8) is 0 Å².